The second-order valence-corrected chi connectivity index (χ2v) is 8.10. The molecule has 5 atom stereocenters. The van der Waals surface area contributed by atoms with E-state index in [-0.39, 0.29) is 24.9 Å². The Morgan fingerprint density at radius 3 is 2.73 bits per heavy atom. The summed E-state index contributed by atoms with van der Waals surface area (Å²) in [6.07, 6.45) is 8.23. The van der Waals surface area contributed by atoms with Gasteiger partial charge in [0.15, 0.2) is 0 Å². The lowest BCUT2D eigenvalue weighted by molar-refractivity contribution is -0.137. The first kappa shape index (κ1) is 24.4. The van der Waals surface area contributed by atoms with Gasteiger partial charge in [0, 0.05) is 17.4 Å². The second kappa shape index (κ2) is 12.7. The standard InChI is InChI=1S/C23H31ClO6/c24-16-6-5-7-18(14-16)30-15-17(25)10-11-20-19(21(26)12-13-22(20)27)8-3-1-2-4-9-23(28)29/h1,3,5-7,10-11,14,17,19-22,25-27H,2,4,8-9,12-13,15H2,(H,28,29)/b3-1-,11-10+/t17-,19-,20?,21+,22-/m1/s1. The van der Waals surface area contributed by atoms with Crippen LogP contribution in [0.3, 0.4) is 0 Å². The first-order valence-electron chi connectivity index (χ1n) is 10.3. The molecule has 1 aliphatic carbocycles. The van der Waals surface area contributed by atoms with Gasteiger partial charge in [0.25, 0.3) is 0 Å². The van der Waals surface area contributed by atoms with Crippen molar-refractivity contribution in [3.63, 3.8) is 0 Å². The maximum absolute atomic E-state index is 10.5. The Hall–Kier alpha value is -1.86. The van der Waals surface area contributed by atoms with E-state index in [2.05, 4.69) is 0 Å². The van der Waals surface area contributed by atoms with Gasteiger partial charge < -0.3 is 25.2 Å². The molecule has 1 fully saturated rings. The molecule has 0 radical (unpaired) electrons. The minimum Gasteiger partial charge on any atom is -0.491 e. The Balaban J connectivity index is 1.88. The van der Waals surface area contributed by atoms with Crippen LogP contribution in [0.2, 0.25) is 5.02 Å². The highest BCUT2D eigenvalue weighted by molar-refractivity contribution is 6.30. The molecule has 0 spiro atoms. The molecule has 0 heterocycles. The van der Waals surface area contributed by atoms with E-state index in [1.807, 2.05) is 12.2 Å². The lowest BCUT2D eigenvalue weighted by Crippen LogP contribution is -2.40. The quantitative estimate of drug-likeness (QED) is 0.310. The summed E-state index contributed by atoms with van der Waals surface area (Å²) in [5, 5.41) is 40.3. The first-order chi connectivity index (χ1) is 14.4. The van der Waals surface area contributed by atoms with Crippen LogP contribution in [-0.2, 0) is 4.79 Å². The highest BCUT2D eigenvalue weighted by Gasteiger charge is 2.35. The zero-order chi connectivity index (χ0) is 21.9. The molecular weight excluding hydrogens is 408 g/mol. The molecule has 7 heteroatoms. The largest absolute Gasteiger partial charge is 0.491 e. The molecule has 6 nitrogen and oxygen atoms in total. The molecule has 1 unspecified atom stereocenters. The third kappa shape index (κ3) is 8.48. The number of hydrogen-bond acceptors (Lipinski definition) is 5. The zero-order valence-electron chi connectivity index (χ0n) is 16.9. The van der Waals surface area contributed by atoms with Crippen LogP contribution >= 0.6 is 11.6 Å². The topological polar surface area (TPSA) is 107 Å². The number of aliphatic hydroxyl groups is 3. The van der Waals surface area contributed by atoms with Crippen LogP contribution in [0.5, 0.6) is 5.75 Å². The average molecular weight is 439 g/mol. The Labute approximate surface area is 182 Å². The van der Waals surface area contributed by atoms with Crippen LogP contribution in [0, 0.1) is 11.8 Å². The lowest BCUT2D eigenvalue weighted by atomic mass is 9.73. The van der Waals surface area contributed by atoms with Crippen LogP contribution in [0.1, 0.15) is 38.5 Å². The Bertz CT molecular complexity index is 719. The maximum Gasteiger partial charge on any atom is 0.303 e. The molecule has 1 saturated carbocycles. The molecule has 0 saturated heterocycles. The number of halogens is 1. The van der Waals surface area contributed by atoms with Crippen molar-refractivity contribution in [2.45, 2.75) is 56.8 Å². The Morgan fingerprint density at radius 2 is 2.00 bits per heavy atom. The molecule has 166 valence electrons. The van der Waals surface area contributed by atoms with E-state index in [1.54, 1.807) is 36.4 Å². The number of carbonyl (C=O) groups is 1. The number of allylic oxidation sites excluding steroid dienone is 2. The first-order valence-corrected chi connectivity index (χ1v) is 10.7. The monoisotopic (exact) mass is 438 g/mol. The third-order valence-corrected chi connectivity index (χ3v) is 5.53. The number of benzene rings is 1. The van der Waals surface area contributed by atoms with E-state index in [4.69, 9.17) is 21.4 Å². The number of rotatable bonds is 11. The molecule has 0 bridgehead atoms. The molecule has 0 amide bonds. The summed E-state index contributed by atoms with van der Waals surface area (Å²) in [6, 6.07) is 6.92. The van der Waals surface area contributed by atoms with E-state index >= 15 is 0 Å². The van der Waals surface area contributed by atoms with Crippen molar-refractivity contribution in [1.29, 1.82) is 0 Å². The van der Waals surface area contributed by atoms with Crippen LogP contribution in [0.25, 0.3) is 0 Å². The summed E-state index contributed by atoms with van der Waals surface area (Å²) >= 11 is 5.91. The van der Waals surface area contributed by atoms with E-state index in [0.29, 0.717) is 42.9 Å². The minimum absolute atomic E-state index is 0.0519. The molecular formula is C23H31ClO6. The Kier molecular flexibility index (Phi) is 10.4. The van der Waals surface area contributed by atoms with Crippen molar-refractivity contribution in [1.82, 2.24) is 0 Å². The van der Waals surface area contributed by atoms with Crippen molar-refractivity contribution in [2.75, 3.05) is 6.61 Å². The predicted octanol–water partition coefficient (Wildman–Crippen LogP) is 3.59. The minimum atomic E-state index is -0.859. The molecule has 2 rings (SSSR count). The highest BCUT2D eigenvalue weighted by atomic mass is 35.5. The van der Waals surface area contributed by atoms with Gasteiger partial charge in [-0.15, -0.1) is 0 Å². The van der Waals surface area contributed by atoms with Gasteiger partial charge in [-0.2, -0.15) is 0 Å². The third-order valence-electron chi connectivity index (χ3n) is 5.30. The fraction of sp³-hybridized carbons (Fsp3) is 0.522. The van der Waals surface area contributed by atoms with Gasteiger partial charge in [0.2, 0.25) is 0 Å². The SMILES string of the molecule is O=C(O)CCC/C=C\C[C@@H]1C(/C=C/[C@@H](O)COc2cccc(Cl)c2)[C@H](O)CC[C@@H]1O. The normalized spacial score (nSPS) is 25.6. The van der Waals surface area contributed by atoms with Crippen LogP contribution in [0.15, 0.2) is 48.6 Å². The van der Waals surface area contributed by atoms with Crippen molar-refractivity contribution in [3.8, 4) is 5.75 Å². The van der Waals surface area contributed by atoms with Crippen molar-refractivity contribution < 1.29 is 30.0 Å². The van der Waals surface area contributed by atoms with E-state index < -0.39 is 24.3 Å². The maximum atomic E-state index is 10.5. The van der Waals surface area contributed by atoms with Gasteiger partial charge >= 0.3 is 5.97 Å². The molecule has 4 N–H and O–H groups in total. The van der Waals surface area contributed by atoms with E-state index in [9.17, 15) is 20.1 Å². The fourth-order valence-electron chi connectivity index (χ4n) is 3.67. The predicted molar refractivity (Wildman–Crippen MR) is 116 cm³/mol. The summed E-state index contributed by atoms with van der Waals surface area (Å²) in [4.78, 5) is 10.5. The fourth-order valence-corrected chi connectivity index (χ4v) is 3.85. The smallest absolute Gasteiger partial charge is 0.303 e. The van der Waals surface area contributed by atoms with Gasteiger partial charge in [0.1, 0.15) is 18.5 Å². The van der Waals surface area contributed by atoms with E-state index in [1.165, 1.54) is 0 Å². The number of aliphatic carboxylic acids is 1. The average Bonchev–Trinajstić information content (AvgIpc) is 2.70. The number of carboxylic acid groups (broad SMARTS) is 1. The number of unbranched alkanes of at least 4 members (excludes halogenated alkanes) is 1. The van der Waals surface area contributed by atoms with Crippen molar-refractivity contribution >= 4 is 17.6 Å². The molecule has 1 aliphatic rings. The van der Waals surface area contributed by atoms with Gasteiger partial charge in [-0.05, 0) is 56.2 Å². The van der Waals surface area contributed by atoms with Crippen LogP contribution in [0.4, 0.5) is 0 Å². The Morgan fingerprint density at radius 1 is 1.23 bits per heavy atom. The highest BCUT2D eigenvalue weighted by Crippen LogP contribution is 2.34. The number of hydrogen-bond donors (Lipinski definition) is 4. The summed E-state index contributed by atoms with van der Waals surface area (Å²) < 4.78 is 5.53. The number of carboxylic acids is 1. The number of ether oxygens (including phenoxy) is 1. The summed E-state index contributed by atoms with van der Waals surface area (Å²) in [7, 11) is 0. The van der Waals surface area contributed by atoms with Gasteiger partial charge in [-0.1, -0.05) is 42.0 Å². The van der Waals surface area contributed by atoms with Crippen LogP contribution in [-0.4, -0.2) is 51.3 Å². The molecule has 30 heavy (non-hydrogen) atoms. The van der Waals surface area contributed by atoms with E-state index in [0.717, 1.165) is 0 Å². The van der Waals surface area contributed by atoms with Gasteiger partial charge in [-0.25, -0.2) is 0 Å². The zero-order valence-corrected chi connectivity index (χ0v) is 17.7. The summed E-state index contributed by atoms with van der Waals surface area (Å²) in [5.41, 5.74) is 0. The summed E-state index contributed by atoms with van der Waals surface area (Å²) in [6.45, 7) is 0.0519. The van der Waals surface area contributed by atoms with Gasteiger partial charge in [0.05, 0.1) is 12.2 Å². The molecule has 1 aromatic carbocycles. The van der Waals surface area contributed by atoms with Crippen LogP contribution < -0.4 is 4.74 Å². The summed E-state index contributed by atoms with van der Waals surface area (Å²) in [5.74, 6) is -0.689. The van der Waals surface area contributed by atoms with Crippen molar-refractivity contribution in [3.05, 3.63) is 53.6 Å². The molecule has 0 aromatic heterocycles. The second-order valence-electron chi connectivity index (χ2n) is 7.67. The molecule has 1 aromatic rings. The van der Waals surface area contributed by atoms with Crippen molar-refractivity contribution in [2.24, 2.45) is 11.8 Å². The lowest BCUT2D eigenvalue weighted by Gasteiger charge is -2.37. The van der Waals surface area contributed by atoms with Gasteiger partial charge in [-0.3, -0.25) is 4.79 Å². The molecule has 0 aliphatic heterocycles. The number of aliphatic hydroxyl groups excluding tert-OH is 3.